The van der Waals surface area contributed by atoms with Gasteiger partial charge >= 0.3 is 0 Å². The molecule has 0 radical (unpaired) electrons. The number of halogens is 1. The molecule has 1 saturated carbocycles. The molecule has 1 fully saturated rings. The highest BCUT2D eigenvalue weighted by Crippen LogP contribution is 2.37. The Morgan fingerprint density at radius 1 is 1.50 bits per heavy atom. The van der Waals surface area contributed by atoms with Gasteiger partial charge < -0.3 is 10.6 Å². The van der Waals surface area contributed by atoms with Gasteiger partial charge in [0.1, 0.15) is 0 Å². The zero-order valence-corrected chi connectivity index (χ0v) is 10.7. The van der Waals surface area contributed by atoms with E-state index in [1.807, 2.05) is 12.1 Å². The summed E-state index contributed by atoms with van der Waals surface area (Å²) in [5.74, 6) is 0.853. The smallest absolute Gasteiger partial charge is 0.0412 e. The topological polar surface area (TPSA) is 29.3 Å². The molecule has 3 heteroatoms. The minimum absolute atomic E-state index is 0.539. The van der Waals surface area contributed by atoms with Crippen LogP contribution in [0.25, 0.3) is 0 Å². The number of anilines is 1. The van der Waals surface area contributed by atoms with Crippen LogP contribution < -0.4 is 10.6 Å². The van der Waals surface area contributed by atoms with Gasteiger partial charge in [-0.3, -0.25) is 0 Å². The van der Waals surface area contributed by atoms with Gasteiger partial charge in [0.05, 0.1) is 0 Å². The Morgan fingerprint density at radius 3 is 2.75 bits per heavy atom. The lowest BCUT2D eigenvalue weighted by molar-refractivity contribution is 0.607. The summed E-state index contributed by atoms with van der Waals surface area (Å²) >= 11 is 5.98. The zero-order valence-electron chi connectivity index (χ0n) is 9.91. The second-order valence-corrected chi connectivity index (χ2v) is 5.10. The minimum Gasteiger partial charge on any atom is -0.371 e. The van der Waals surface area contributed by atoms with E-state index in [2.05, 4.69) is 24.9 Å². The first-order valence-electron chi connectivity index (χ1n) is 5.85. The molecule has 0 saturated heterocycles. The maximum Gasteiger partial charge on any atom is 0.0412 e. The fraction of sp³-hybridized carbons (Fsp3) is 0.538. The maximum atomic E-state index is 5.98. The van der Waals surface area contributed by atoms with Crippen LogP contribution in [0.1, 0.15) is 25.3 Å². The van der Waals surface area contributed by atoms with Gasteiger partial charge in [-0.1, -0.05) is 11.6 Å². The van der Waals surface area contributed by atoms with E-state index < -0.39 is 0 Å². The fourth-order valence-electron chi connectivity index (χ4n) is 2.18. The molecule has 0 aliphatic heterocycles. The Labute approximate surface area is 102 Å². The molecule has 88 valence electrons. The summed E-state index contributed by atoms with van der Waals surface area (Å²) in [7, 11) is 2.14. The van der Waals surface area contributed by atoms with Crippen LogP contribution in [0.15, 0.2) is 18.2 Å². The van der Waals surface area contributed by atoms with Crippen molar-refractivity contribution in [2.75, 3.05) is 11.9 Å². The molecule has 16 heavy (non-hydrogen) atoms. The lowest BCUT2D eigenvalue weighted by Gasteiger charge is -2.29. The van der Waals surface area contributed by atoms with E-state index in [4.69, 9.17) is 17.3 Å². The lowest BCUT2D eigenvalue weighted by atomic mass is 10.1. The number of nitrogens with zero attached hydrogens (tertiary/aromatic N) is 1. The molecule has 1 aromatic carbocycles. The number of benzene rings is 1. The molecule has 2 nitrogen and oxygen atoms in total. The third-order valence-electron chi connectivity index (χ3n) is 3.56. The van der Waals surface area contributed by atoms with E-state index in [9.17, 15) is 0 Å². The van der Waals surface area contributed by atoms with Crippen molar-refractivity contribution in [2.24, 2.45) is 11.7 Å². The van der Waals surface area contributed by atoms with Crippen LogP contribution in [0, 0.1) is 5.92 Å². The summed E-state index contributed by atoms with van der Waals surface area (Å²) in [6.45, 7) is 2.82. The first-order valence-corrected chi connectivity index (χ1v) is 6.22. The molecule has 2 N–H and O–H groups in total. The van der Waals surface area contributed by atoms with Crippen LogP contribution >= 0.6 is 11.6 Å². The molecule has 1 aromatic rings. The summed E-state index contributed by atoms with van der Waals surface area (Å²) in [5, 5.41) is 0.761. The second kappa shape index (κ2) is 4.64. The number of hydrogen-bond donors (Lipinski definition) is 1. The molecule has 0 aromatic heterocycles. The van der Waals surface area contributed by atoms with E-state index in [1.165, 1.54) is 18.5 Å². The zero-order chi connectivity index (χ0) is 11.7. The van der Waals surface area contributed by atoms with E-state index in [-0.39, 0.29) is 0 Å². The fourth-order valence-corrected chi connectivity index (χ4v) is 2.37. The van der Waals surface area contributed by atoms with Crippen molar-refractivity contribution < 1.29 is 0 Å². The van der Waals surface area contributed by atoms with Gasteiger partial charge in [0.15, 0.2) is 0 Å². The summed E-state index contributed by atoms with van der Waals surface area (Å²) in [5.41, 5.74) is 8.11. The molecule has 1 unspecified atom stereocenters. The predicted molar refractivity (Wildman–Crippen MR) is 69.9 cm³/mol. The Bertz CT molecular complexity index is 374. The van der Waals surface area contributed by atoms with Crippen molar-refractivity contribution in [1.82, 2.24) is 0 Å². The first kappa shape index (κ1) is 11.7. The number of hydrogen-bond acceptors (Lipinski definition) is 2. The Balaban J connectivity index is 2.23. The molecule has 1 atom stereocenters. The van der Waals surface area contributed by atoms with Gasteiger partial charge in [0.25, 0.3) is 0 Å². The maximum absolute atomic E-state index is 5.98. The van der Waals surface area contributed by atoms with Crippen LogP contribution in [0.4, 0.5) is 5.69 Å². The number of nitrogens with two attached hydrogens (primary N) is 1. The van der Waals surface area contributed by atoms with Crippen molar-refractivity contribution in [1.29, 1.82) is 0 Å². The van der Waals surface area contributed by atoms with Crippen molar-refractivity contribution in [3.8, 4) is 0 Å². The molecule has 0 amide bonds. The quantitative estimate of drug-likeness (QED) is 0.874. The predicted octanol–water partition coefficient (Wildman–Crippen LogP) is 3.03. The standard InChI is InChI=1S/C13H19ClN2/c1-9(10-3-4-10)16(2)13-6-5-12(14)7-11(13)8-15/h5-7,9-10H,3-4,8,15H2,1-2H3. The average molecular weight is 239 g/mol. The van der Waals surface area contributed by atoms with Crippen LogP contribution in [0.5, 0.6) is 0 Å². The molecule has 1 aliphatic carbocycles. The van der Waals surface area contributed by atoms with Crippen molar-refractivity contribution in [3.63, 3.8) is 0 Å². The molecule has 2 rings (SSSR count). The molecule has 0 spiro atoms. The second-order valence-electron chi connectivity index (χ2n) is 4.67. The Morgan fingerprint density at radius 2 is 2.19 bits per heavy atom. The molecule has 1 aliphatic rings. The van der Waals surface area contributed by atoms with Gasteiger partial charge in [0, 0.05) is 30.3 Å². The van der Waals surface area contributed by atoms with Crippen molar-refractivity contribution in [3.05, 3.63) is 28.8 Å². The summed E-state index contributed by atoms with van der Waals surface area (Å²) in [6.07, 6.45) is 2.72. The van der Waals surface area contributed by atoms with Gasteiger partial charge in [0.2, 0.25) is 0 Å². The van der Waals surface area contributed by atoms with Crippen molar-refractivity contribution >= 4 is 17.3 Å². The van der Waals surface area contributed by atoms with Gasteiger partial charge in [-0.05, 0) is 49.4 Å². The summed E-state index contributed by atoms with van der Waals surface area (Å²) in [4.78, 5) is 2.33. The highest BCUT2D eigenvalue weighted by Gasteiger charge is 2.31. The summed E-state index contributed by atoms with van der Waals surface area (Å²) in [6, 6.07) is 6.56. The van der Waals surface area contributed by atoms with E-state index in [1.54, 1.807) is 0 Å². The van der Waals surface area contributed by atoms with Gasteiger partial charge in [-0.2, -0.15) is 0 Å². The lowest BCUT2D eigenvalue weighted by Crippen LogP contribution is -2.31. The Kier molecular flexibility index (Phi) is 3.41. The van der Waals surface area contributed by atoms with E-state index >= 15 is 0 Å². The monoisotopic (exact) mass is 238 g/mol. The third kappa shape index (κ3) is 2.33. The highest BCUT2D eigenvalue weighted by molar-refractivity contribution is 6.30. The largest absolute Gasteiger partial charge is 0.371 e. The SMILES string of the molecule is CC(C1CC1)N(C)c1ccc(Cl)cc1CN. The molecule has 0 heterocycles. The van der Waals surface area contributed by atoms with Gasteiger partial charge in [-0.25, -0.2) is 0 Å². The third-order valence-corrected chi connectivity index (χ3v) is 3.79. The van der Waals surface area contributed by atoms with Crippen molar-refractivity contribution in [2.45, 2.75) is 32.4 Å². The average Bonchev–Trinajstić information content (AvgIpc) is 3.10. The number of rotatable bonds is 4. The van der Waals surface area contributed by atoms with E-state index in [0.29, 0.717) is 12.6 Å². The highest BCUT2D eigenvalue weighted by atomic mass is 35.5. The minimum atomic E-state index is 0.539. The molecular formula is C13H19ClN2. The van der Waals surface area contributed by atoms with Crippen LogP contribution in [0.2, 0.25) is 5.02 Å². The molecular weight excluding hydrogens is 220 g/mol. The van der Waals surface area contributed by atoms with Crippen LogP contribution in [0.3, 0.4) is 0 Å². The van der Waals surface area contributed by atoms with Crippen LogP contribution in [-0.2, 0) is 6.54 Å². The van der Waals surface area contributed by atoms with Crippen LogP contribution in [-0.4, -0.2) is 13.1 Å². The van der Waals surface area contributed by atoms with E-state index in [0.717, 1.165) is 16.5 Å². The summed E-state index contributed by atoms with van der Waals surface area (Å²) < 4.78 is 0. The molecule has 0 bridgehead atoms. The normalized spacial score (nSPS) is 17.2. The Hall–Kier alpha value is -0.730. The first-order chi connectivity index (χ1) is 7.63. The van der Waals surface area contributed by atoms with Gasteiger partial charge in [-0.15, -0.1) is 0 Å².